The first kappa shape index (κ1) is 12.2. The number of carboxylic acid groups (broad SMARTS) is 1. The van der Waals surface area contributed by atoms with Crippen molar-refractivity contribution in [1.29, 1.82) is 0 Å². The fourth-order valence-electron chi connectivity index (χ4n) is 1.78. The van der Waals surface area contributed by atoms with Crippen molar-refractivity contribution in [3.8, 4) is 0 Å². The van der Waals surface area contributed by atoms with E-state index in [1.165, 1.54) is 6.08 Å². The van der Waals surface area contributed by atoms with Gasteiger partial charge >= 0.3 is 5.97 Å². The first-order valence-corrected chi connectivity index (χ1v) is 5.40. The SMILES string of the molecule is CC(=CC(=O)O)CNC1CCN(C)CC1. The second-order valence-corrected chi connectivity index (χ2v) is 4.29. The predicted molar refractivity (Wildman–Crippen MR) is 59.9 cm³/mol. The number of carboxylic acids is 1. The average Bonchev–Trinajstić information content (AvgIpc) is 2.16. The van der Waals surface area contributed by atoms with Crippen LogP contribution in [-0.2, 0) is 4.79 Å². The summed E-state index contributed by atoms with van der Waals surface area (Å²) < 4.78 is 0. The van der Waals surface area contributed by atoms with Crippen molar-refractivity contribution in [2.45, 2.75) is 25.8 Å². The molecule has 0 aliphatic carbocycles. The van der Waals surface area contributed by atoms with E-state index < -0.39 is 5.97 Å². The van der Waals surface area contributed by atoms with E-state index in [1.807, 2.05) is 6.92 Å². The van der Waals surface area contributed by atoms with Gasteiger partial charge in [-0.2, -0.15) is 0 Å². The van der Waals surface area contributed by atoms with Gasteiger partial charge in [0.05, 0.1) is 0 Å². The van der Waals surface area contributed by atoms with Gasteiger partial charge in [0.1, 0.15) is 0 Å². The number of rotatable bonds is 4. The highest BCUT2D eigenvalue weighted by Crippen LogP contribution is 2.08. The second kappa shape index (κ2) is 5.88. The number of aliphatic carboxylic acids is 1. The summed E-state index contributed by atoms with van der Waals surface area (Å²) in [5, 5.41) is 11.9. The summed E-state index contributed by atoms with van der Waals surface area (Å²) in [6.07, 6.45) is 3.57. The largest absolute Gasteiger partial charge is 0.478 e. The van der Waals surface area contributed by atoms with Crippen molar-refractivity contribution in [3.05, 3.63) is 11.6 Å². The lowest BCUT2D eigenvalue weighted by Gasteiger charge is -2.29. The molecule has 1 aliphatic heterocycles. The van der Waals surface area contributed by atoms with Crippen LogP contribution in [0, 0.1) is 0 Å². The Morgan fingerprint density at radius 3 is 2.67 bits per heavy atom. The molecule has 4 nitrogen and oxygen atoms in total. The highest BCUT2D eigenvalue weighted by Gasteiger charge is 2.15. The van der Waals surface area contributed by atoms with Crippen LogP contribution in [0.3, 0.4) is 0 Å². The molecule has 0 radical (unpaired) electrons. The lowest BCUT2D eigenvalue weighted by Crippen LogP contribution is -2.41. The summed E-state index contributed by atoms with van der Waals surface area (Å²) in [5.74, 6) is -0.863. The minimum Gasteiger partial charge on any atom is -0.478 e. The molecule has 0 unspecified atom stereocenters. The van der Waals surface area contributed by atoms with Crippen LogP contribution in [-0.4, -0.2) is 48.7 Å². The van der Waals surface area contributed by atoms with Gasteiger partial charge in [0.2, 0.25) is 0 Å². The Balaban J connectivity index is 2.23. The van der Waals surface area contributed by atoms with Crippen LogP contribution >= 0.6 is 0 Å². The van der Waals surface area contributed by atoms with Crippen molar-refractivity contribution in [3.63, 3.8) is 0 Å². The molecule has 1 rings (SSSR count). The number of nitrogens with one attached hydrogen (secondary N) is 1. The standard InChI is InChI=1S/C11H20N2O2/c1-9(7-11(14)15)8-12-10-3-5-13(2)6-4-10/h7,10,12H,3-6,8H2,1-2H3,(H,14,15). The maximum atomic E-state index is 10.4. The Morgan fingerprint density at radius 1 is 1.53 bits per heavy atom. The van der Waals surface area contributed by atoms with Crippen molar-refractivity contribution >= 4 is 5.97 Å². The molecular formula is C11H20N2O2. The van der Waals surface area contributed by atoms with Gasteiger partial charge in [-0.25, -0.2) is 4.79 Å². The van der Waals surface area contributed by atoms with E-state index in [9.17, 15) is 4.79 Å². The Hall–Kier alpha value is -0.870. The first-order valence-electron chi connectivity index (χ1n) is 5.40. The summed E-state index contributed by atoms with van der Waals surface area (Å²) in [6, 6.07) is 0.540. The lowest BCUT2D eigenvalue weighted by molar-refractivity contribution is -0.131. The van der Waals surface area contributed by atoms with Crippen LogP contribution in [0.5, 0.6) is 0 Å². The lowest BCUT2D eigenvalue weighted by atomic mass is 10.1. The molecular weight excluding hydrogens is 192 g/mol. The fraction of sp³-hybridized carbons (Fsp3) is 0.727. The smallest absolute Gasteiger partial charge is 0.328 e. The maximum Gasteiger partial charge on any atom is 0.328 e. The Kier molecular flexibility index (Phi) is 4.78. The number of nitrogens with zero attached hydrogens (tertiary/aromatic N) is 1. The van der Waals surface area contributed by atoms with Gasteiger partial charge in [-0.15, -0.1) is 0 Å². The molecule has 2 N–H and O–H groups in total. The molecule has 1 fully saturated rings. The minimum absolute atomic E-state index is 0.540. The van der Waals surface area contributed by atoms with Gasteiger partial charge in [0.25, 0.3) is 0 Å². The molecule has 0 amide bonds. The van der Waals surface area contributed by atoms with E-state index in [0.717, 1.165) is 31.5 Å². The van der Waals surface area contributed by atoms with Crippen LogP contribution in [0.2, 0.25) is 0 Å². The van der Waals surface area contributed by atoms with Gasteiger partial charge in [0, 0.05) is 18.7 Å². The van der Waals surface area contributed by atoms with Crippen molar-refractivity contribution < 1.29 is 9.90 Å². The molecule has 0 saturated carbocycles. The molecule has 4 heteroatoms. The van der Waals surface area contributed by atoms with E-state index in [2.05, 4.69) is 17.3 Å². The molecule has 1 heterocycles. The van der Waals surface area contributed by atoms with Crippen LogP contribution in [0.1, 0.15) is 19.8 Å². The van der Waals surface area contributed by atoms with E-state index in [-0.39, 0.29) is 0 Å². The average molecular weight is 212 g/mol. The summed E-state index contributed by atoms with van der Waals surface area (Å²) in [7, 11) is 2.13. The fourth-order valence-corrected chi connectivity index (χ4v) is 1.78. The quantitative estimate of drug-likeness (QED) is 0.674. The first-order chi connectivity index (χ1) is 7.08. The Morgan fingerprint density at radius 2 is 2.13 bits per heavy atom. The number of piperidine rings is 1. The van der Waals surface area contributed by atoms with Gasteiger partial charge in [-0.05, 0) is 39.9 Å². The minimum atomic E-state index is -0.863. The van der Waals surface area contributed by atoms with Gasteiger partial charge in [0.15, 0.2) is 0 Å². The highest BCUT2D eigenvalue weighted by molar-refractivity contribution is 5.80. The summed E-state index contributed by atoms with van der Waals surface area (Å²) >= 11 is 0. The van der Waals surface area contributed by atoms with Crippen molar-refractivity contribution in [2.75, 3.05) is 26.7 Å². The number of likely N-dealkylation sites (tertiary alicyclic amines) is 1. The summed E-state index contributed by atoms with van der Waals surface area (Å²) in [5.41, 5.74) is 0.876. The second-order valence-electron chi connectivity index (χ2n) is 4.29. The summed E-state index contributed by atoms with van der Waals surface area (Å²) in [4.78, 5) is 12.7. The number of carbonyl (C=O) groups is 1. The van der Waals surface area contributed by atoms with E-state index in [1.54, 1.807) is 0 Å². The van der Waals surface area contributed by atoms with Crippen molar-refractivity contribution in [2.24, 2.45) is 0 Å². The topological polar surface area (TPSA) is 52.6 Å². The molecule has 0 aromatic heterocycles. The molecule has 1 saturated heterocycles. The van der Waals surface area contributed by atoms with Crippen LogP contribution in [0.25, 0.3) is 0 Å². The molecule has 0 spiro atoms. The predicted octanol–water partition coefficient (Wildman–Crippen LogP) is 0.701. The number of hydrogen-bond acceptors (Lipinski definition) is 3. The zero-order valence-electron chi connectivity index (χ0n) is 9.49. The van der Waals surface area contributed by atoms with E-state index >= 15 is 0 Å². The molecule has 0 aromatic rings. The molecule has 0 atom stereocenters. The third-order valence-electron chi connectivity index (χ3n) is 2.76. The van der Waals surface area contributed by atoms with Crippen molar-refractivity contribution in [1.82, 2.24) is 10.2 Å². The van der Waals surface area contributed by atoms with Crippen LogP contribution < -0.4 is 5.32 Å². The van der Waals surface area contributed by atoms with Crippen LogP contribution in [0.15, 0.2) is 11.6 Å². The van der Waals surface area contributed by atoms with Gasteiger partial charge in [-0.1, -0.05) is 5.57 Å². The van der Waals surface area contributed by atoms with E-state index in [0.29, 0.717) is 12.6 Å². The molecule has 1 aliphatic rings. The van der Waals surface area contributed by atoms with Gasteiger partial charge in [-0.3, -0.25) is 0 Å². The third kappa shape index (κ3) is 4.95. The zero-order valence-corrected chi connectivity index (χ0v) is 9.49. The molecule has 15 heavy (non-hydrogen) atoms. The normalized spacial score (nSPS) is 20.5. The summed E-state index contributed by atoms with van der Waals surface area (Å²) in [6.45, 7) is 4.77. The third-order valence-corrected chi connectivity index (χ3v) is 2.76. The number of hydrogen-bond donors (Lipinski definition) is 2. The maximum absolute atomic E-state index is 10.4. The molecule has 0 bridgehead atoms. The monoisotopic (exact) mass is 212 g/mol. The van der Waals surface area contributed by atoms with Crippen LogP contribution in [0.4, 0.5) is 0 Å². The molecule has 0 aromatic carbocycles. The Labute approximate surface area is 91.0 Å². The Bertz CT molecular complexity index is 243. The highest BCUT2D eigenvalue weighted by atomic mass is 16.4. The van der Waals surface area contributed by atoms with Gasteiger partial charge < -0.3 is 15.3 Å². The zero-order chi connectivity index (χ0) is 11.3. The van der Waals surface area contributed by atoms with E-state index in [4.69, 9.17) is 5.11 Å². The molecule has 86 valence electrons.